The zero-order valence-electron chi connectivity index (χ0n) is 8.55. The van der Waals surface area contributed by atoms with E-state index in [0.717, 1.165) is 4.47 Å². The molecule has 3 N–H and O–H groups in total. The molecule has 0 saturated carbocycles. The lowest BCUT2D eigenvalue weighted by Crippen LogP contribution is -1.95. The highest BCUT2D eigenvalue weighted by Gasteiger charge is 2.08. The molecule has 0 aliphatic heterocycles. The molecule has 1 aromatic carbocycles. The normalized spacial score (nSPS) is 10.3. The van der Waals surface area contributed by atoms with E-state index in [1.807, 2.05) is 12.1 Å². The van der Waals surface area contributed by atoms with Gasteiger partial charge < -0.3 is 11.1 Å². The largest absolute Gasteiger partial charge is 0.397 e. The summed E-state index contributed by atoms with van der Waals surface area (Å²) in [6, 6.07) is 7.15. The molecule has 0 saturated heterocycles. The van der Waals surface area contributed by atoms with Gasteiger partial charge >= 0.3 is 0 Å². The molecule has 0 fully saturated rings. The van der Waals surface area contributed by atoms with Gasteiger partial charge in [-0.25, -0.2) is 4.98 Å². The number of rotatable bonds is 2. The first kappa shape index (κ1) is 12.5. The van der Waals surface area contributed by atoms with Gasteiger partial charge in [-0.15, -0.1) is 0 Å². The first-order valence-electron chi connectivity index (χ1n) is 4.70. The Kier molecular flexibility index (Phi) is 3.76. The Morgan fingerprint density at radius 1 is 1.12 bits per heavy atom. The number of nitrogen functional groups attached to an aromatic ring is 1. The van der Waals surface area contributed by atoms with Crippen LogP contribution < -0.4 is 11.1 Å². The number of hydrogen-bond donors (Lipinski definition) is 2. The Bertz CT molecular complexity index is 543. The standard InChI is InChI=1S/C11H8BrCl2N3/c12-7-2-3-8(11(14)10(7)13)17-9-4-1-6(15)5-16-9/h1-5H,15H2,(H,16,17). The molecule has 1 aromatic heterocycles. The predicted molar refractivity (Wildman–Crippen MR) is 76.1 cm³/mol. The van der Waals surface area contributed by atoms with Crippen molar-refractivity contribution in [2.45, 2.75) is 0 Å². The fourth-order valence-electron chi connectivity index (χ4n) is 1.24. The molecule has 0 radical (unpaired) electrons. The van der Waals surface area contributed by atoms with Gasteiger partial charge in [0, 0.05) is 4.47 Å². The average Bonchev–Trinajstić information content (AvgIpc) is 2.33. The summed E-state index contributed by atoms with van der Waals surface area (Å²) >= 11 is 15.4. The fourth-order valence-corrected chi connectivity index (χ4v) is 2.06. The van der Waals surface area contributed by atoms with Crippen LogP contribution in [0.1, 0.15) is 0 Å². The summed E-state index contributed by atoms with van der Waals surface area (Å²) in [4.78, 5) is 4.12. The summed E-state index contributed by atoms with van der Waals surface area (Å²) in [5, 5.41) is 3.97. The lowest BCUT2D eigenvalue weighted by molar-refractivity contribution is 1.31. The number of nitrogens with two attached hydrogens (primary N) is 1. The minimum atomic E-state index is 0.444. The van der Waals surface area contributed by atoms with Gasteiger partial charge in [0.25, 0.3) is 0 Å². The maximum atomic E-state index is 6.10. The van der Waals surface area contributed by atoms with Crippen molar-refractivity contribution < 1.29 is 0 Å². The molecule has 2 aromatic rings. The van der Waals surface area contributed by atoms with Crippen LogP contribution in [0.2, 0.25) is 10.0 Å². The zero-order valence-corrected chi connectivity index (χ0v) is 11.6. The Morgan fingerprint density at radius 2 is 1.88 bits per heavy atom. The average molecular weight is 333 g/mol. The van der Waals surface area contributed by atoms with Gasteiger partial charge in [-0.05, 0) is 40.2 Å². The van der Waals surface area contributed by atoms with Crippen LogP contribution in [-0.4, -0.2) is 4.98 Å². The van der Waals surface area contributed by atoms with E-state index >= 15 is 0 Å². The van der Waals surface area contributed by atoms with E-state index in [-0.39, 0.29) is 0 Å². The third-order valence-corrected chi connectivity index (χ3v) is 3.86. The van der Waals surface area contributed by atoms with Crippen LogP contribution in [0.3, 0.4) is 0 Å². The smallest absolute Gasteiger partial charge is 0.130 e. The first-order valence-corrected chi connectivity index (χ1v) is 6.25. The zero-order chi connectivity index (χ0) is 12.4. The van der Waals surface area contributed by atoms with Crippen LogP contribution in [0.5, 0.6) is 0 Å². The minimum Gasteiger partial charge on any atom is -0.397 e. The molecule has 6 heteroatoms. The van der Waals surface area contributed by atoms with Gasteiger partial charge in [-0.1, -0.05) is 23.2 Å². The maximum absolute atomic E-state index is 6.10. The van der Waals surface area contributed by atoms with Crippen molar-refractivity contribution in [2.24, 2.45) is 0 Å². The quantitative estimate of drug-likeness (QED) is 0.797. The number of nitrogens with zero attached hydrogens (tertiary/aromatic N) is 1. The van der Waals surface area contributed by atoms with Crippen LogP contribution in [0, 0.1) is 0 Å². The first-order chi connectivity index (χ1) is 8.08. The predicted octanol–water partition coefficient (Wildman–Crippen LogP) is 4.48. The Labute approximate surface area is 117 Å². The van der Waals surface area contributed by atoms with Crippen molar-refractivity contribution in [1.29, 1.82) is 0 Å². The molecule has 0 spiro atoms. The number of anilines is 3. The highest BCUT2D eigenvalue weighted by molar-refractivity contribution is 9.10. The summed E-state index contributed by atoms with van der Waals surface area (Å²) in [5.74, 6) is 0.652. The number of hydrogen-bond acceptors (Lipinski definition) is 3. The van der Waals surface area contributed by atoms with Crippen LogP contribution in [-0.2, 0) is 0 Å². The van der Waals surface area contributed by atoms with E-state index < -0.39 is 0 Å². The topological polar surface area (TPSA) is 50.9 Å². The Hall–Kier alpha value is -0.970. The molecule has 0 aliphatic carbocycles. The summed E-state index contributed by atoms with van der Waals surface area (Å²) in [6.07, 6.45) is 1.57. The number of nitrogens with one attached hydrogen (secondary N) is 1. The lowest BCUT2D eigenvalue weighted by atomic mass is 10.3. The fraction of sp³-hybridized carbons (Fsp3) is 0. The molecule has 1 heterocycles. The molecule has 0 unspecified atom stereocenters. The second-order valence-corrected chi connectivity index (χ2v) is 4.93. The van der Waals surface area contributed by atoms with Crippen molar-refractivity contribution >= 4 is 56.3 Å². The molecule has 2 rings (SSSR count). The number of pyridine rings is 1. The van der Waals surface area contributed by atoms with Gasteiger partial charge in [-0.3, -0.25) is 0 Å². The molecule has 88 valence electrons. The molecule has 0 atom stereocenters. The molecule has 0 aliphatic rings. The molecule has 17 heavy (non-hydrogen) atoms. The monoisotopic (exact) mass is 331 g/mol. The van der Waals surface area contributed by atoms with E-state index in [2.05, 4.69) is 26.2 Å². The molecule has 0 amide bonds. The van der Waals surface area contributed by atoms with E-state index in [1.165, 1.54) is 0 Å². The second kappa shape index (κ2) is 5.12. The van der Waals surface area contributed by atoms with E-state index in [9.17, 15) is 0 Å². The van der Waals surface area contributed by atoms with Crippen molar-refractivity contribution in [1.82, 2.24) is 4.98 Å². The number of aromatic nitrogens is 1. The van der Waals surface area contributed by atoms with Crippen molar-refractivity contribution in [2.75, 3.05) is 11.1 Å². The summed E-state index contributed by atoms with van der Waals surface area (Å²) in [6.45, 7) is 0. The van der Waals surface area contributed by atoms with Crippen molar-refractivity contribution in [3.8, 4) is 0 Å². The van der Waals surface area contributed by atoms with E-state index in [1.54, 1.807) is 18.3 Å². The summed E-state index contributed by atoms with van der Waals surface area (Å²) < 4.78 is 0.750. The minimum absolute atomic E-state index is 0.444. The highest BCUT2D eigenvalue weighted by Crippen LogP contribution is 2.36. The van der Waals surface area contributed by atoms with E-state index in [0.29, 0.717) is 27.2 Å². The molecular weight excluding hydrogens is 325 g/mol. The third kappa shape index (κ3) is 2.83. The van der Waals surface area contributed by atoms with Gasteiger partial charge in [0.05, 0.1) is 27.6 Å². The van der Waals surface area contributed by atoms with Crippen molar-refractivity contribution in [3.05, 3.63) is 45.0 Å². The Balaban J connectivity index is 2.30. The van der Waals surface area contributed by atoms with Crippen LogP contribution in [0.15, 0.2) is 34.9 Å². The third-order valence-electron chi connectivity index (χ3n) is 2.08. The summed E-state index contributed by atoms with van der Waals surface area (Å²) in [5.41, 5.74) is 6.85. The van der Waals surface area contributed by atoms with Gasteiger partial charge in [-0.2, -0.15) is 0 Å². The number of benzene rings is 1. The van der Waals surface area contributed by atoms with Gasteiger partial charge in [0.1, 0.15) is 5.82 Å². The van der Waals surface area contributed by atoms with Gasteiger partial charge in [0.2, 0.25) is 0 Å². The lowest BCUT2D eigenvalue weighted by Gasteiger charge is -2.09. The van der Waals surface area contributed by atoms with Crippen LogP contribution in [0.4, 0.5) is 17.2 Å². The highest BCUT2D eigenvalue weighted by atomic mass is 79.9. The van der Waals surface area contributed by atoms with Crippen molar-refractivity contribution in [3.63, 3.8) is 0 Å². The van der Waals surface area contributed by atoms with Gasteiger partial charge in [0.15, 0.2) is 0 Å². The second-order valence-electron chi connectivity index (χ2n) is 3.32. The SMILES string of the molecule is Nc1ccc(Nc2ccc(Br)c(Cl)c2Cl)nc1. The molecule has 0 bridgehead atoms. The van der Waals surface area contributed by atoms with Crippen LogP contribution in [0.25, 0.3) is 0 Å². The maximum Gasteiger partial charge on any atom is 0.130 e. The van der Waals surface area contributed by atoms with E-state index in [4.69, 9.17) is 28.9 Å². The molecular formula is C11H8BrCl2N3. The molecule has 3 nitrogen and oxygen atoms in total. The van der Waals surface area contributed by atoms with Crippen LogP contribution >= 0.6 is 39.1 Å². The Morgan fingerprint density at radius 3 is 2.53 bits per heavy atom. The number of halogens is 3. The summed E-state index contributed by atoms with van der Waals surface area (Å²) in [7, 11) is 0.